The minimum absolute atomic E-state index is 0.162. The third-order valence-electron chi connectivity index (χ3n) is 2.80. The third-order valence-corrected chi connectivity index (χ3v) is 4.18. The van der Waals surface area contributed by atoms with E-state index in [2.05, 4.69) is 4.72 Å². The number of rotatable bonds is 6. The van der Waals surface area contributed by atoms with Crippen LogP contribution in [0.25, 0.3) is 0 Å². The Balaban J connectivity index is 2.28. The summed E-state index contributed by atoms with van der Waals surface area (Å²) in [5.41, 5.74) is 0.412. The number of hydrogen-bond acceptors (Lipinski definition) is 4. The van der Waals surface area contributed by atoms with E-state index in [-0.39, 0.29) is 4.90 Å². The van der Waals surface area contributed by atoms with Crippen LogP contribution in [0.4, 0.5) is 5.69 Å². The molecule has 0 heterocycles. The van der Waals surface area contributed by atoms with Gasteiger partial charge in [-0.05, 0) is 43.3 Å². The summed E-state index contributed by atoms with van der Waals surface area (Å²) in [6.07, 6.45) is 0. The molecular weight excluding hydrogens is 290 g/mol. The van der Waals surface area contributed by atoms with E-state index in [0.29, 0.717) is 23.8 Å². The van der Waals surface area contributed by atoms with Crippen molar-refractivity contribution in [3.63, 3.8) is 0 Å². The molecule has 21 heavy (non-hydrogen) atoms. The van der Waals surface area contributed by atoms with Crippen LogP contribution in [0.5, 0.6) is 11.5 Å². The fraction of sp³-hybridized carbons (Fsp3) is 0.200. The van der Waals surface area contributed by atoms with Crippen LogP contribution >= 0.6 is 0 Å². The molecule has 2 aromatic carbocycles. The van der Waals surface area contributed by atoms with Crippen molar-refractivity contribution in [2.24, 2.45) is 0 Å². The monoisotopic (exact) mass is 307 g/mol. The molecule has 0 aromatic heterocycles. The van der Waals surface area contributed by atoms with Crippen molar-refractivity contribution in [1.29, 1.82) is 0 Å². The van der Waals surface area contributed by atoms with Crippen molar-refractivity contribution in [3.05, 3.63) is 48.5 Å². The lowest BCUT2D eigenvalue weighted by Crippen LogP contribution is -2.13. The molecule has 2 aromatic rings. The minimum Gasteiger partial charge on any atom is -0.497 e. The van der Waals surface area contributed by atoms with Crippen LogP contribution in [0, 0.1) is 0 Å². The number of para-hydroxylation sites is 2. The van der Waals surface area contributed by atoms with Gasteiger partial charge in [-0.25, -0.2) is 8.42 Å². The molecule has 0 bridgehead atoms. The highest BCUT2D eigenvalue weighted by Crippen LogP contribution is 2.27. The zero-order valence-corrected chi connectivity index (χ0v) is 12.7. The van der Waals surface area contributed by atoms with Gasteiger partial charge in [0.25, 0.3) is 10.0 Å². The van der Waals surface area contributed by atoms with Gasteiger partial charge in [-0.1, -0.05) is 12.1 Å². The second kappa shape index (κ2) is 6.49. The highest BCUT2D eigenvalue weighted by Gasteiger charge is 2.16. The molecule has 0 saturated heterocycles. The van der Waals surface area contributed by atoms with Crippen LogP contribution in [0.1, 0.15) is 6.92 Å². The first-order valence-corrected chi connectivity index (χ1v) is 7.94. The summed E-state index contributed by atoms with van der Waals surface area (Å²) in [6.45, 7) is 2.30. The van der Waals surface area contributed by atoms with Crippen molar-refractivity contribution in [1.82, 2.24) is 0 Å². The molecule has 6 heteroatoms. The molecule has 0 spiro atoms. The molecule has 0 aliphatic rings. The SMILES string of the molecule is CCOc1ccccc1NS(=O)(=O)c1ccc(OC)cc1. The molecule has 0 atom stereocenters. The fourth-order valence-corrected chi connectivity index (χ4v) is 2.86. The minimum atomic E-state index is -3.66. The van der Waals surface area contributed by atoms with Gasteiger partial charge in [0, 0.05) is 0 Å². The maximum absolute atomic E-state index is 12.4. The normalized spacial score (nSPS) is 11.0. The lowest BCUT2D eigenvalue weighted by Gasteiger charge is -2.12. The lowest BCUT2D eigenvalue weighted by atomic mass is 10.3. The van der Waals surface area contributed by atoms with Crippen molar-refractivity contribution < 1.29 is 17.9 Å². The van der Waals surface area contributed by atoms with Gasteiger partial charge in [0.15, 0.2) is 0 Å². The number of anilines is 1. The average molecular weight is 307 g/mol. The second-order valence-corrected chi connectivity index (χ2v) is 5.89. The van der Waals surface area contributed by atoms with E-state index in [1.165, 1.54) is 19.2 Å². The first kappa shape index (κ1) is 15.2. The molecule has 0 radical (unpaired) electrons. The number of benzene rings is 2. The molecule has 0 aliphatic carbocycles. The highest BCUT2D eigenvalue weighted by molar-refractivity contribution is 7.92. The number of hydrogen-bond donors (Lipinski definition) is 1. The summed E-state index contributed by atoms with van der Waals surface area (Å²) in [5, 5.41) is 0. The standard InChI is InChI=1S/C15H17NO4S/c1-3-20-15-7-5-4-6-14(15)16-21(17,18)13-10-8-12(19-2)9-11-13/h4-11,16H,3H2,1-2H3. The van der Waals surface area contributed by atoms with Crippen molar-refractivity contribution in [3.8, 4) is 11.5 Å². The molecule has 0 unspecified atom stereocenters. The molecule has 112 valence electrons. The van der Waals surface area contributed by atoms with Crippen LogP contribution in [0.2, 0.25) is 0 Å². The molecule has 0 fully saturated rings. The van der Waals surface area contributed by atoms with E-state index in [4.69, 9.17) is 9.47 Å². The van der Waals surface area contributed by atoms with Gasteiger partial charge in [0.2, 0.25) is 0 Å². The Morgan fingerprint density at radius 2 is 1.71 bits per heavy atom. The van der Waals surface area contributed by atoms with Crippen LogP contribution in [0.3, 0.4) is 0 Å². The number of nitrogens with one attached hydrogen (secondary N) is 1. The molecule has 0 aliphatic heterocycles. The lowest BCUT2D eigenvalue weighted by molar-refractivity contribution is 0.342. The first-order chi connectivity index (χ1) is 10.1. The van der Waals surface area contributed by atoms with E-state index in [1.807, 2.05) is 6.92 Å². The molecular formula is C15H17NO4S. The van der Waals surface area contributed by atoms with E-state index in [9.17, 15) is 8.42 Å². The molecule has 5 nitrogen and oxygen atoms in total. The van der Waals surface area contributed by atoms with Crippen LogP contribution in [0.15, 0.2) is 53.4 Å². The molecule has 2 rings (SSSR count). The second-order valence-electron chi connectivity index (χ2n) is 4.21. The van der Waals surface area contributed by atoms with Gasteiger partial charge in [0.1, 0.15) is 11.5 Å². The summed E-state index contributed by atoms with van der Waals surface area (Å²) >= 11 is 0. The maximum Gasteiger partial charge on any atom is 0.262 e. The molecule has 0 saturated carbocycles. The van der Waals surface area contributed by atoms with E-state index < -0.39 is 10.0 Å². The van der Waals surface area contributed by atoms with Gasteiger partial charge in [-0.3, -0.25) is 4.72 Å². The molecule has 1 N–H and O–H groups in total. The maximum atomic E-state index is 12.4. The quantitative estimate of drug-likeness (QED) is 0.891. The average Bonchev–Trinajstić information content (AvgIpc) is 2.49. The summed E-state index contributed by atoms with van der Waals surface area (Å²) in [5.74, 6) is 1.10. The Hall–Kier alpha value is -2.21. The topological polar surface area (TPSA) is 64.6 Å². The Morgan fingerprint density at radius 3 is 2.33 bits per heavy atom. The zero-order valence-electron chi connectivity index (χ0n) is 11.9. The number of sulfonamides is 1. The van der Waals surface area contributed by atoms with Crippen molar-refractivity contribution in [2.45, 2.75) is 11.8 Å². The van der Waals surface area contributed by atoms with Gasteiger partial charge in [0.05, 0.1) is 24.3 Å². The van der Waals surface area contributed by atoms with Gasteiger partial charge < -0.3 is 9.47 Å². The Labute approximate surface area is 124 Å². The van der Waals surface area contributed by atoms with Gasteiger partial charge in [-0.2, -0.15) is 0 Å². The Morgan fingerprint density at radius 1 is 1.05 bits per heavy atom. The largest absolute Gasteiger partial charge is 0.497 e. The summed E-state index contributed by atoms with van der Waals surface area (Å²) in [6, 6.07) is 13.1. The Bertz CT molecular complexity index is 696. The summed E-state index contributed by atoms with van der Waals surface area (Å²) < 4.78 is 37.7. The number of methoxy groups -OCH3 is 1. The third kappa shape index (κ3) is 3.66. The summed E-state index contributed by atoms with van der Waals surface area (Å²) in [4.78, 5) is 0.162. The fourth-order valence-electron chi connectivity index (χ4n) is 1.79. The van der Waals surface area contributed by atoms with Gasteiger partial charge >= 0.3 is 0 Å². The first-order valence-electron chi connectivity index (χ1n) is 6.45. The smallest absolute Gasteiger partial charge is 0.262 e. The van der Waals surface area contributed by atoms with E-state index in [0.717, 1.165) is 0 Å². The molecule has 0 amide bonds. The van der Waals surface area contributed by atoms with Crippen molar-refractivity contribution >= 4 is 15.7 Å². The van der Waals surface area contributed by atoms with Crippen LogP contribution in [-0.4, -0.2) is 22.1 Å². The predicted octanol–water partition coefficient (Wildman–Crippen LogP) is 2.89. The Kier molecular flexibility index (Phi) is 4.70. The van der Waals surface area contributed by atoms with E-state index >= 15 is 0 Å². The van der Waals surface area contributed by atoms with E-state index in [1.54, 1.807) is 36.4 Å². The van der Waals surface area contributed by atoms with Gasteiger partial charge in [-0.15, -0.1) is 0 Å². The zero-order chi connectivity index (χ0) is 15.3. The van der Waals surface area contributed by atoms with Crippen LogP contribution < -0.4 is 14.2 Å². The van der Waals surface area contributed by atoms with Crippen LogP contribution in [-0.2, 0) is 10.0 Å². The highest BCUT2D eigenvalue weighted by atomic mass is 32.2. The predicted molar refractivity (Wildman–Crippen MR) is 81.4 cm³/mol. The number of ether oxygens (including phenoxy) is 2. The summed E-state index contributed by atoms with van der Waals surface area (Å²) in [7, 11) is -2.14. The van der Waals surface area contributed by atoms with Crippen molar-refractivity contribution in [2.75, 3.05) is 18.4 Å².